The van der Waals surface area contributed by atoms with Crippen molar-refractivity contribution in [3.8, 4) is 0 Å². The first-order valence-electron chi connectivity index (χ1n) is 5.31. The third-order valence-corrected chi connectivity index (χ3v) is 2.52. The van der Waals surface area contributed by atoms with Crippen LogP contribution in [-0.2, 0) is 11.3 Å². The molecule has 0 unspecified atom stereocenters. The van der Waals surface area contributed by atoms with Gasteiger partial charge < -0.3 is 4.74 Å². The number of rotatable bonds is 3. The molecule has 0 saturated carbocycles. The smallest absolute Gasteiger partial charge is 0.113 e. The summed E-state index contributed by atoms with van der Waals surface area (Å²) >= 11 is 0. The molecule has 1 nitrogen and oxygen atoms in total. The van der Waals surface area contributed by atoms with Gasteiger partial charge in [-0.05, 0) is 30.9 Å². The molecule has 1 aliphatic rings. The molecule has 1 aliphatic carbocycles. The first kappa shape index (κ1) is 9.32. The highest BCUT2D eigenvalue weighted by Gasteiger charge is 2.03. The summed E-state index contributed by atoms with van der Waals surface area (Å²) in [5, 5.41) is 0. The van der Waals surface area contributed by atoms with Crippen molar-refractivity contribution in [1.29, 1.82) is 0 Å². The van der Waals surface area contributed by atoms with Gasteiger partial charge in [-0.3, -0.25) is 0 Å². The highest BCUT2D eigenvalue weighted by molar-refractivity contribution is 5.14. The quantitative estimate of drug-likeness (QED) is 0.703. The minimum absolute atomic E-state index is 0.715. The Kier molecular flexibility index (Phi) is 3.23. The van der Waals surface area contributed by atoms with E-state index in [0.717, 1.165) is 6.42 Å². The van der Waals surface area contributed by atoms with Crippen LogP contribution in [0.4, 0.5) is 0 Å². The lowest BCUT2D eigenvalue weighted by molar-refractivity contribution is 0.182. The van der Waals surface area contributed by atoms with Crippen LogP contribution in [0.1, 0.15) is 31.2 Å². The number of ether oxygens (including phenoxy) is 1. The SMILES string of the molecule is C1=C(OCc2ccccc2)CCCC1. The fraction of sp³-hybridized carbons (Fsp3) is 0.385. The van der Waals surface area contributed by atoms with Crippen LogP contribution in [0.3, 0.4) is 0 Å². The van der Waals surface area contributed by atoms with Gasteiger partial charge in [-0.25, -0.2) is 0 Å². The summed E-state index contributed by atoms with van der Waals surface area (Å²) in [5.74, 6) is 1.18. The monoisotopic (exact) mass is 188 g/mol. The van der Waals surface area contributed by atoms with E-state index in [-0.39, 0.29) is 0 Å². The predicted octanol–water partition coefficient (Wildman–Crippen LogP) is 3.66. The molecule has 2 rings (SSSR count). The molecule has 1 aromatic carbocycles. The van der Waals surface area contributed by atoms with Gasteiger partial charge in [0.1, 0.15) is 6.61 Å². The Hall–Kier alpha value is -1.24. The molecule has 0 atom stereocenters. The van der Waals surface area contributed by atoms with Gasteiger partial charge in [0.2, 0.25) is 0 Å². The molecule has 0 radical (unpaired) electrons. The minimum atomic E-state index is 0.715. The maximum absolute atomic E-state index is 5.73. The Bertz CT molecular complexity index is 300. The molecule has 74 valence electrons. The molecular formula is C13H16O. The van der Waals surface area contributed by atoms with Gasteiger partial charge >= 0.3 is 0 Å². The maximum Gasteiger partial charge on any atom is 0.113 e. The van der Waals surface area contributed by atoms with Crippen molar-refractivity contribution in [2.45, 2.75) is 32.3 Å². The normalized spacial score (nSPS) is 16.1. The Morgan fingerprint density at radius 1 is 1.07 bits per heavy atom. The first-order valence-corrected chi connectivity index (χ1v) is 5.31. The van der Waals surface area contributed by atoms with Crippen molar-refractivity contribution in [3.63, 3.8) is 0 Å². The predicted molar refractivity (Wildman–Crippen MR) is 57.8 cm³/mol. The van der Waals surface area contributed by atoms with Crippen LogP contribution in [0.25, 0.3) is 0 Å². The van der Waals surface area contributed by atoms with Gasteiger partial charge in [0.25, 0.3) is 0 Å². The first-order chi connectivity index (χ1) is 6.95. The van der Waals surface area contributed by atoms with E-state index in [0.29, 0.717) is 6.61 Å². The van der Waals surface area contributed by atoms with Crippen LogP contribution in [-0.4, -0.2) is 0 Å². The summed E-state index contributed by atoms with van der Waals surface area (Å²) in [4.78, 5) is 0. The average molecular weight is 188 g/mol. The summed E-state index contributed by atoms with van der Waals surface area (Å²) in [6.07, 6.45) is 7.13. The van der Waals surface area contributed by atoms with Crippen LogP contribution in [0.5, 0.6) is 0 Å². The minimum Gasteiger partial charge on any atom is -0.494 e. The molecule has 0 fully saturated rings. The summed E-state index contributed by atoms with van der Waals surface area (Å²) in [6.45, 7) is 0.715. The van der Waals surface area contributed by atoms with Crippen molar-refractivity contribution in [3.05, 3.63) is 47.7 Å². The number of hydrogen-bond donors (Lipinski definition) is 0. The second-order valence-electron chi connectivity index (χ2n) is 3.69. The Labute approximate surface area is 85.4 Å². The zero-order chi connectivity index (χ0) is 9.64. The van der Waals surface area contributed by atoms with E-state index in [9.17, 15) is 0 Å². The second kappa shape index (κ2) is 4.85. The average Bonchev–Trinajstić information content (AvgIpc) is 2.29. The summed E-state index contributed by atoms with van der Waals surface area (Å²) in [7, 11) is 0. The van der Waals surface area contributed by atoms with E-state index in [1.54, 1.807) is 0 Å². The lowest BCUT2D eigenvalue weighted by Gasteiger charge is -2.14. The fourth-order valence-electron chi connectivity index (χ4n) is 1.69. The van der Waals surface area contributed by atoms with E-state index in [4.69, 9.17) is 4.74 Å². The molecule has 1 aromatic rings. The molecular weight excluding hydrogens is 172 g/mol. The van der Waals surface area contributed by atoms with E-state index in [2.05, 4.69) is 18.2 Å². The Morgan fingerprint density at radius 2 is 1.93 bits per heavy atom. The standard InChI is InChI=1S/C13H16O/c1-3-7-12(8-4-1)11-14-13-9-5-2-6-10-13/h1,3-4,7-9H,2,5-6,10-11H2. The third-order valence-electron chi connectivity index (χ3n) is 2.52. The molecule has 0 amide bonds. The molecule has 0 aromatic heterocycles. The van der Waals surface area contributed by atoms with Gasteiger partial charge in [-0.1, -0.05) is 30.3 Å². The van der Waals surface area contributed by atoms with E-state index < -0.39 is 0 Å². The van der Waals surface area contributed by atoms with Gasteiger partial charge in [-0.15, -0.1) is 0 Å². The fourth-order valence-corrected chi connectivity index (χ4v) is 1.69. The van der Waals surface area contributed by atoms with Crippen molar-refractivity contribution in [1.82, 2.24) is 0 Å². The van der Waals surface area contributed by atoms with Crippen molar-refractivity contribution >= 4 is 0 Å². The van der Waals surface area contributed by atoms with E-state index in [1.807, 2.05) is 18.2 Å². The molecule has 0 spiro atoms. The van der Waals surface area contributed by atoms with Crippen LogP contribution >= 0.6 is 0 Å². The Balaban J connectivity index is 1.85. The lowest BCUT2D eigenvalue weighted by Crippen LogP contribution is -1.97. The number of hydrogen-bond acceptors (Lipinski definition) is 1. The largest absolute Gasteiger partial charge is 0.494 e. The van der Waals surface area contributed by atoms with E-state index in [1.165, 1.54) is 30.6 Å². The second-order valence-corrected chi connectivity index (χ2v) is 3.69. The lowest BCUT2D eigenvalue weighted by atomic mass is 10.1. The Morgan fingerprint density at radius 3 is 2.64 bits per heavy atom. The van der Waals surface area contributed by atoms with Crippen LogP contribution < -0.4 is 0 Å². The van der Waals surface area contributed by atoms with Gasteiger partial charge in [0.15, 0.2) is 0 Å². The van der Waals surface area contributed by atoms with Crippen LogP contribution in [0.15, 0.2) is 42.2 Å². The van der Waals surface area contributed by atoms with Crippen molar-refractivity contribution in [2.24, 2.45) is 0 Å². The van der Waals surface area contributed by atoms with Crippen molar-refractivity contribution in [2.75, 3.05) is 0 Å². The summed E-state index contributed by atoms with van der Waals surface area (Å²) < 4.78 is 5.73. The van der Waals surface area contributed by atoms with E-state index >= 15 is 0 Å². The number of allylic oxidation sites excluding steroid dienone is 2. The topological polar surface area (TPSA) is 9.23 Å². The van der Waals surface area contributed by atoms with Crippen LogP contribution in [0.2, 0.25) is 0 Å². The highest BCUT2D eigenvalue weighted by Crippen LogP contribution is 2.19. The molecule has 14 heavy (non-hydrogen) atoms. The molecule has 0 saturated heterocycles. The zero-order valence-corrected chi connectivity index (χ0v) is 8.41. The molecule has 0 bridgehead atoms. The highest BCUT2D eigenvalue weighted by atomic mass is 16.5. The van der Waals surface area contributed by atoms with Crippen molar-refractivity contribution < 1.29 is 4.74 Å². The summed E-state index contributed by atoms with van der Waals surface area (Å²) in [6, 6.07) is 10.3. The number of benzene rings is 1. The third kappa shape index (κ3) is 2.63. The van der Waals surface area contributed by atoms with Gasteiger partial charge in [0, 0.05) is 6.42 Å². The molecule has 0 heterocycles. The van der Waals surface area contributed by atoms with Crippen LogP contribution in [0, 0.1) is 0 Å². The summed E-state index contributed by atoms with van der Waals surface area (Å²) in [5.41, 5.74) is 1.25. The van der Waals surface area contributed by atoms with Gasteiger partial charge in [0.05, 0.1) is 5.76 Å². The van der Waals surface area contributed by atoms with Gasteiger partial charge in [-0.2, -0.15) is 0 Å². The zero-order valence-electron chi connectivity index (χ0n) is 8.41. The molecule has 1 heteroatoms. The maximum atomic E-state index is 5.73. The molecule has 0 N–H and O–H groups in total. The molecule has 0 aliphatic heterocycles.